The zero-order valence-electron chi connectivity index (χ0n) is 12.8. The van der Waals surface area contributed by atoms with E-state index in [4.69, 9.17) is 4.74 Å². The van der Waals surface area contributed by atoms with Gasteiger partial charge in [0.2, 0.25) is 11.8 Å². The van der Waals surface area contributed by atoms with E-state index >= 15 is 0 Å². The van der Waals surface area contributed by atoms with E-state index in [0.717, 1.165) is 11.4 Å². The average molecular weight is 318 g/mol. The monoisotopic (exact) mass is 318 g/mol. The van der Waals surface area contributed by atoms with Crippen LogP contribution in [0.3, 0.4) is 0 Å². The number of nitrogens with one attached hydrogen (secondary N) is 1. The third kappa shape index (κ3) is 4.70. The van der Waals surface area contributed by atoms with Crippen molar-refractivity contribution in [1.82, 2.24) is 15.0 Å². The summed E-state index contributed by atoms with van der Waals surface area (Å²) in [6.07, 6.45) is 1.62. The number of rotatable bonds is 6. The summed E-state index contributed by atoms with van der Waals surface area (Å²) in [7, 11) is 0. The van der Waals surface area contributed by atoms with E-state index in [1.54, 1.807) is 18.3 Å². The Balaban J connectivity index is 1.96. The summed E-state index contributed by atoms with van der Waals surface area (Å²) >= 11 is 1.30. The number of carbonyl (C=O) groups is 1. The van der Waals surface area contributed by atoms with Crippen LogP contribution in [-0.4, -0.2) is 33.2 Å². The Labute approximate surface area is 133 Å². The van der Waals surface area contributed by atoms with Crippen molar-refractivity contribution in [3.8, 4) is 5.88 Å². The van der Waals surface area contributed by atoms with Crippen molar-refractivity contribution in [3.63, 3.8) is 0 Å². The quantitative estimate of drug-likeness (QED) is 0.652. The molecule has 22 heavy (non-hydrogen) atoms. The van der Waals surface area contributed by atoms with Crippen LogP contribution in [-0.2, 0) is 4.79 Å². The van der Waals surface area contributed by atoms with Crippen LogP contribution in [0.1, 0.15) is 18.3 Å². The molecule has 6 nitrogen and oxygen atoms in total. The lowest BCUT2D eigenvalue weighted by Gasteiger charge is -2.09. The molecule has 0 unspecified atom stereocenters. The summed E-state index contributed by atoms with van der Waals surface area (Å²) in [4.78, 5) is 24.7. The van der Waals surface area contributed by atoms with Gasteiger partial charge in [-0.1, -0.05) is 11.8 Å². The standard InChI is InChI=1S/C15H18N4O2S/c1-4-21-14-12(6-5-7-16-14)19-13(20)9-22-15-17-10(2)8-11(3)18-15/h5-8H,4,9H2,1-3H3,(H,19,20). The summed E-state index contributed by atoms with van der Waals surface area (Å²) in [6, 6.07) is 5.40. The van der Waals surface area contributed by atoms with Gasteiger partial charge < -0.3 is 10.1 Å². The fraction of sp³-hybridized carbons (Fsp3) is 0.333. The molecule has 1 amide bonds. The number of thioether (sulfide) groups is 1. The molecule has 0 spiro atoms. The number of hydrogen-bond acceptors (Lipinski definition) is 6. The molecule has 2 aromatic rings. The van der Waals surface area contributed by atoms with Crippen LogP contribution in [0.25, 0.3) is 0 Å². The summed E-state index contributed by atoms with van der Waals surface area (Å²) in [5.74, 6) is 0.497. The largest absolute Gasteiger partial charge is 0.476 e. The normalized spacial score (nSPS) is 10.3. The van der Waals surface area contributed by atoms with Crippen LogP contribution in [0.4, 0.5) is 5.69 Å². The molecule has 0 aliphatic heterocycles. The molecule has 0 saturated heterocycles. The Morgan fingerprint density at radius 3 is 2.73 bits per heavy atom. The zero-order valence-corrected chi connectivity index (χ0v) is 13.6. The lowest BCUT2D eigenvalue weighted by Crippen LogP contribution is -2.15. The Hall–Kier alpha value is -2.15. The maximum absolute atomic E-state index is 12.0. The first-order chi connectivity index (χ1) is 10.6. The van der Waals surface area contributed by atoms with E-state index in [1.165, 1.54) is 11.8 Å². The van der Waals surface area contributed by atoms with Crippen molar-refractivity contribution in [1.29, 1.82) is 0 Å². The highest BCUT2D eigenvalue weighted by molar-refractivity contribution is 7.99. The third-order valence-electron chi connectivity index (χ3n) is 2.62. The van der Waals surface area contributed by atoms with E-state index in [0.29, 0.717) is 23.3 Å². The van der Waals surface area contributed by atoms with Crippen molar-refractivity contribution in [2.45, 2.75) is 25.9 Å². The van der Waals surface area contributed by atoms with E-state index < -0.39 is 0 Å². The molecule has 116 valence electrons. The van der Waals surface area contributed by atoms with E-state index in [1.807, 2.05) is 26.8 Å². The lowest BCUT2D eigenvalue weighted by atomic mass is 10.4. The number of aryl methyl sites for hydroxylation is 2. The predicted octanol–water partition coefficient (Wildman–Crippen LogP) is 2.62. The van der Waals surface area contributed by atoms with Crippen LogP contribution in [0, 0.1) is 13.8 Å². The Morgan fingerprint density at radius 2 is 2.05 bits per heavy atom. The summed E-state index contributed by atoms with van der Waals surface area (Å²) in [6.45, 7) is 6.17. The van der Waals surface area contributed by atoms with Crippen LogP contribution in [0.15, 0.2) is 29.6 Å². The Morgan fingerprint density at radius 1 is 1.32 bits per heavy atom. The zero-order chi connectivity index (χ0) is 15.9. The van der Waals surface area contributed by atoms with Gasteiger partial charge in [0.25, 0.3) is 0 Å². The Bertz CT molecular complexity index is 643. The number of ether oxygens (including phenoxy) is 1. The number of amides is 1. The molecule has 0 fully saturated rings. The van der Waals surface area contributed by atoms with Crippen molar-refractivity contribution >= 4 is 23.4 Å². The molecule has 0 aliphatic rings. The smallest absolute Gasteiger partial charge is 0.237 e. The molecule has 2 aromatic heterocycles. The minimum Gasteiger partial charge on any atom is -0.476 e. The van der Waals surface area contributed by atoms with Crippen molar-refractivity contribution in [2.75, 3.05) is 17.7 Å². The third-order valence-corrected chi connectivity index (χ3v) is 3.47. The second-order valence-electron chi connectivity index (χ2n) is 4.56. The minimum atomic E-state index is -0.151. The topological polar surface area (TPSA) is 77.0 Å². The minimum absolute atomic E-state index is 0.151. The fourth-order valence-corrected chi connectivity index (χ4v) is 2.56. The summed E-state index contributed by atoms with van der Waals surface area (Å²) < 4.78 is 5.37. The number of aromatic nitrogens is 3. The van der Waals surface area contributed by atoms with Gasteiger partial charge in [0.1, 0.15) is 5.69 Å². The van der Waals surface area contributed by atoms with Crippen LogP contribution in [0.2, 0.25) is 0 Å². The number of nitrogens with zero attached hydrogens (tertiary/aromatic N) is 3. The second-order valence-corrected chi connectivity index (χ2v) is 5.50. The van der Waals surface area contributed by atoms with Crippen LogP contribution in [0.5, 0.6) is 5.88 Å². The molecule has 0 radical (unpaired) electrons. The summed E-state index contributed by atoms with van der Waals surface area (Å²) in [5.41, 5.74) is 2.35. The van der Waals surface area contributed by atoms with Crippen molar-refractivity contribution < 1.29 is 9.53 Å². The van der Waals surface area contributed by atoms with Gasteiger partial charge in [-0.05, 0) is 39.0 Å². The number of anilines is 1. The second kappa shape index (κ2) is 7.74. The first kappa shape index (κ1) is 16.2. The molecule has 7 heteroatoms. The van der Waals surface area contributed by atoms with Gasteiger partial charge >= 0.3 is 0 Å². The average Bonchev–Trinajstić information content (AvgIpc) is 2.46. The van der Waals surface area contributed by atoms with Gasteiger partial charge in [-0.25, -0.2) is 15.0 Å². The van der Waals surface area contributed by atoms with Gasteiger partial charge in [-0.15, -0.1) is 0 Å². The van der Waals surface area contributed by atoms with E-state index in [9.17, 15) is 4.79 Å². The first-order valence-electron chi connectivity index (χ1n) is 6.91. The first-order valence-corrected chi connectivity index (χ1v) is 7.89. The van der Waals surface area contributed by atoms with Gasteiger partial charge in [0, 0.05) is 17.6 Å². The highest BCUT2D eigenvalue weighted by atomic mass is 32.2. The molecule has 0 saturated carbocycles. The maximum Gasteiger partial charge on any atom is 0.237 e. The molecule has 0 aromatic carbocycles. The predicted molar refractivity (Wildman–Crippen MR) is 86.3 cm³/mol. The van der Waals surface area contributed by atoms with Gasteiger partial charge in [0.15, 0.2) is 5.16 Å². The number of carbonyl (C=O) groups excluding carboxylic acids is 1. The highest BCUT2D eigenvalue weighted by Gasteiger charge is 2.10. The fourth-order valence-electron chi connectivity index (χ4n) is 1.81. The molecule has 0 bridgehead atoms. The Kier molecular flexibility index (Phi) is 5.71. The molecular formula is C15H18N4O2S. The molecule has 2 heterocycles. The molecule has 0 atom stereocenters. The molecular weight excluding hydrogens is 300 g/mol. The van der Waals surface area contributed by atoms with Crippen molar-refractivity contribution in [3.05, 3.63) is 35.8 Å². The molecule has 0 aliphatic carbocycles. The lowest BCUT2D eigenvalue weighted by molar-refractivity contribution is -0.113. The van der Waals surface area contributed by atoms with Crippen LogP contribution < -0.4 is 10.1 Å². The SMILES string of the molecule is CCOc1ncccc1NC(=O)CSc1nc(C)cc(C)n1. The van der Waals surface area contributed by atoms with Gasteiger partial charge in [-0.2, -0.15) is 0 Å². The maximum atomic E-state index is 12.0. The van der Waals surface area contributed by atoms with E-state index in [2.05, 4.69) is 20.3 Å². The van der Waals surface area contributed by atoms with Gasteiger partial charge in [-0.3, -0.25) is 4.79 Å². The van der Waals surface area contributed by atoms with E-state index in [-0.39, 0.29) is 11.7 Å². The summed E-state index contributed by atoms with van der Waals surface area (Å²) in [5, 5.41) is 3.39. The van der Waals surface area contributed by atoms with Crippen molar-refractivity contribution in [2.24, 2.45) is 0 Å². The number of hydrogen-bond donors (Lipinski definition) is 1. The highest BCUT2D eigenvalue weighted by Crippen LogP contribution is 2.21. The molecule has 1 N–H and O–H groups in total. The van der Waals surface area contributed by atoms with Gasteiger partial charge in [0.05, 0.1) is 12.4 Å². The van der Waals surface area contributed by atoms with Crippen LogP contribution >= 0.6 is 11.8 Å². The number of pyridine rings is 1. The molecule has 2 rings (SSSR count).